The Morgan fingerprint density at radius 1 is 1.10 bits per heavy atom. The zero-order chi connectivity index (χ0) is 21.0. The lowest BCUT2D eigenvalue weighted by molar-refractivity contribution is -0.262. The number of rotatable bonds is 6. The third-order valence-corrected chi connectivity index (χ3v) is 6.75. The lowest BCUT2D eigenvalue weighted by atomic mass is 9.89. The molecule has 3 rings (SSSR count). The number of carbonyl (C=O) groups excluding carboxylic acids is 1. The third kappa shape index (κ3) is 5.39. The van der Waals surface area contributed by atoms with Crippen molar-refractivity contribution >= 4 is 5.91 Å². The van der Waals surface area contributed by atoms with Gasteiger partial charge in [0.15, 0.2) is 0 Å². The van der Waals surface area contributed by atoms with Crippen molar-refractivity contribution in [1.82, 2.24) is 10.1 Å². The van der Waals surface area contributed by atoms with Crippen molar-refractivity contribution in [2.45, 2.75) is 90.7 Å². The molecule has 0 spiro atoms. The van der Waals surface area contributed by atoms with Crippen molar-refractivity contribution < 1.29 is 14.5 Å². The van der Waals surface area contributed by atoms with Gasteiger partial charge in [0.2, 0.25) is 0 Å². The molecule has 1 aromatic rings. The van der Waals surface area contributed by atoms with Crippen LogP contribution in [-0.4, -0.2) is 47.9 Å². The van der Waals surface area contributed by atoms with Gasteiger partial charge in [-0.3, -0.25) is 9.63 Å². The average molecular weight is 403 g/mol. The Bertz CT molecular complexity index is 681. The number of hydrogen-bond acceptors (Lipinski definition) is 4. The maximum atomic E-state index is 13.6. The van der Waals surface area contributed by atoms with Crippen LogP contribution in [0.4, 0.5) is 0 Å². The van der Waals surface area contributed by atoms with Gasteiger partial charge in [-0.25, -0.2) is 5.06 Å². The number of amides is 1. The molecule has 0 aromatic heterocycles. The van der Waals surface area contributed by atoms with Crippen LogP contribution < -0.4 is 0 Å². The number of nitrogens with zero attached hydrogens (tertiary/aromatic N) is 2. The maximum absolute atomic E-state index is 13.6. The first-order valence-corrected chi connectivity index (χ1v) is 11.2. The van der Waals surface area contributed by atoms with Crippen LogP contribution in [0.25, 0.3) is 0 Å². The summed E-state index contributed by atoms with van der Waals surface area (Å²) in [5, 5.41) is 3.74. The van der Waals surface area contributed by atoms with Crippen LogP contribution in [0.1, 0.15) is 74.1 Å². The summed E-state index contributed by atoms with van der Waals surface area (Å²) in [6.45, 7) is 10.1. The molecule has 0 radical (unpaired) electrons. The largest absolute Gasteiger partial charge is 0.302 e. The molecule has 5 nitrogen and oxygen atoms in total. The summed E-state index contributed by atoms with van der Waals surface area (Å²) in [5.41, 5.74) is 4.46. The van der Waals surface area contributed by atoms with Crippen LogP contribution in [0.2, 0.25) is 0 Å². The van der Waals surface area contributed by atoms with Crippen molar-refractivity contribution in [3.05, 3.63) is 34.4 Å². The smallest absolute Gasteiger partial charge is 0.251 e. The van der Waals surface area contributed by atoms with E-state index in [1.807, 2.05) is 5.06 Å². The fourth-order valence-electron chi connectivity index (χ4n) is 4.87. The van der Waals surface area contributed by atoms with E-state index in [1.54, 1.807) is 12.2 Å². The van der Waals surface area contributed by atoms with Gasteiger partial charge in [0.1, 0.15) is 0 Å². The van der Waals surface area contributed by atoms with Gasteiger partial charge in [-0.2, -0.15) is 5.06 Å². The Hall–Kier alpha value is -1.43. The molecule has 0 N–H and O–H groups in total. The van der Waals surface area contributed by atoms with Crippen molar-refractivity contribution in [3.8, 4) is 0 Å². The first-order valence-electron chi connectivity index (χ1n) is 11.2. The van der Waals surface area contributed by atoms with Crippen LogP contribution in [0.3, 0.4) is 0 Å². The molecule has 1 saturated carbocycles. The first kappa shape index (κ1) is 22.3. The van der Waals surface area contributed by atoms with Crippen molar-refractivity contribution in [2.75, 3.05) is 20.2 Å². The molecule has 29 heavy (non-hydrogen) atoms. The molecule has 5 heteroatoms. The SMILES string of the molecule is CON1CCC(C)(N(OC2CCCCC2)C(=O)Cc2c(C)cc(C)cc2C)CC1. The third-order valence-electron chi connectivity index (χ3n) is 6.75. The molecule has 0 bridgehead atoms. The predicted octanol–water partition coefficient (Wildman–Crippen LogP) is 4.66. The van der Waals surface area contributed by atoms with Gasteiger partial charge >= 0.3 is 0 Å². The number of piperidine rings is 1. The fourth-order valence-corrected chi connectivity index (χ4v) is 4.87. The van der Waals surface area contributed by atoms with E-state index in [1.165, 1.54) is 36.0 Å². The Balaban J connectivity index is 1.81. The van der Waals surface area contributed by atoms with Gasteiger partial charge in [0, 0.05) is 13.1 Å². The number of hydroxylamine groups is 4. The molecule has 1 heterocycles. The van der Waals surface area contributed by atoms with E-state index in [0.29, 0.717) is 6.42 Å². The Kier molecular flexibility index (Phi) is 7.36. The van der Waals surface area contributed by atoms with Gasteiger partial charge in [-0.05, 0) is 70.1 Å². The molecule has 1 amide bonds. The molecule has 2 aliphatic rings. The molecule has 2 fully saturated rings. The molecule has 0 atom stereocenters. The topological polar surface area (TPSA) is 42.0 Å². The number of aryl methyl sites for hydroxylation is 3. The maximum Gasteiger partial charge on any atom is 0.251 e. The second-order valence-electron chi connectivity index (χ2n) is 9.22. The monoisotopic (exact) mass is 402 g/mol. The molecule has 1 aliphatic carbocycles. The number of hydrogen-bond donors (Lipinski definition) is 0. The number of carbonyl (C=O) groups is 1. The second-order valence-corrected chi connectivity index (χ2v) is 9.22. The van der Waals surface area contributed by atoms with Gasteiger partial charge in [0.25, 0.3) is 5.91 Å². The van der Waals surface area contributed by atoms with Crippen LogP contribution in [0.15, 0.2) is 12.1 Å². The van der Waals surface area contributed by atoms with E-state index >= 15 is 0 Å². The summed E-state index contributed by atoms with van der Waals surface area (Å²) in [4.78, 5) is 25.5. The van der Waals surface area contributed by atoms with Crippen LogP contribution in [0, 0.1) is 20.8 Å². The Morgan fingerprint density at radius 2 is 1.69 bits per heavy atom. The quantitative estimate of drug-likeness (QED) is 0.649. The van der Waals surface area contributed by atoms with Crippen LogP contribution in [-0.2, 0) is 20.9 Å². The van der Waals surface area contributed by atoms with Gasteiger partial charge in [-0.1, -0.05) is 37.0 Å². The van der Waals surface area contributed by atoms with E-state index in [4.69, 9.17) is 9.68 Å². The summed E-state index contributed by atoms with van der Waals surface area (Å²) in [5.74, 6) is 0.0824. The Labute approximate surface area is 176 Å². The minimum Gasteiger partial charge on any atom is -0.302 e. The molecule has 1 aromatic carbocycles. The summed E-state index contributed by atoms with van der Waals surface area (Å²) in [6, 6.07) is 4.33. The van der Waals surface area contributed by atoms with Gasteiger partial charge in [-0.15, -0.1) is 0 Å². The fraction of sp³-hybridized carbons (Fsp3) is 0.708. The Morgan fingerprint density at radius 3 is 2.24 bits per heavy atom. The highest BCUT2D eigenvalue weighted by Crippen LogP contribution is 2.33. The highest BCUT2D eigenvalue weighted by Gasteiger charge is 2.41. The lowest BCUT2D eigenvalue weighted by Crippen LogP contribution is -2.57. The standard InChI is InChI=1S/C24H38N2O3/c1-18-15-19(2)22(20(3)16-18)17-23(27)26(29-21-9-7-6-8-10-21)24(4)11-13-25(28-5)14-12-24/h15-16,21H,6-14,17H2,1-5H3. The highest BCUT2D eigenvalue weighted by molar-refractivity contribution is 5.79. The summed E-state index contributed by atoms with van der Waals surface area (Å²) in [6.07, 6.45) is 8.01. The molecular weight excluding hydrogens is 364 g/mol. The van der Waals surface area contributed by atoms with E-state index in [2.05, 4.69) is 39.8 Å². The van der Waals surface area contributed by atoms with Crippen molar-refractivity contribution in [2.24, 2.45) is 0 Å². The summed E-state index contributed by atoms with van der Waals surface area (Å²) >= 11 is 0. The molecule has 162 valence electrons. The molecule has 1 saturated heterocycles. The predicted molar refractivity (Wildman–Crippen MR) is 115 cm³/mol. The minimum atomic E-state index is -0.296. The van der Waals surface area contributed by atoms with Crippen LogP contribution in [0.5, 0.6) is 0 Å². The van der Waals surface area contributed by atoms with Gasteiger partial charge < -0.3 is 4.84 Å². The highest BCUT2D eigenvalue weighted by atomic mass is 16.7. The zero-order valence-electron chi connectivity index (χ0n) is 18.9. The van der Waals surface area contributed by atoms with Crippen molar-refractivity contribution in [3.63, 3.8) is 0 Å². The zero-order valence-corrected chi connectivity index (χ0v) is 18.9. The normalized spacial score (nSPS) is 20.6. The van der Waals surface area contributed by atoms with Gasteiger partial charge in [0.05, 0.1) is 25.2 Å². The minimum absolute atomic E-state index is 0.0824. The summed E-state index contributed by atoms with van der Waals surface area (Å²) < 4.78 is 0. The molecule has 1 aliphatic heterocycles. The van der Waals surface area contributed by atoms with Crippen LogP contribution >= 0.6 is 0 Å². The van der Waals surface area contributed by atoms with E-state index < -0.39 is 0 Å². The first-order chi connectivity index (χ1) is 13.8. The van der Waals surface area contributed by atoms with E-state index in [9.17, 15) is 4.79 Å². The molecule has 0 unspecified atom stereocenters. The second kappa shape index (κ2) is 9.59. The molecular formula is C24H38N2O3. The lowest BCUT2D eigenvalue weighted by Gasteiger charge is -2.46. The average Bonchev–Trinajstić information content (AvgIpc) is 2.70. The van der Waals surface area contributed by atoms with E-state index in [-0.39, 0.29) is 17.6 Å². The van der Waals surface area contributed by atoms with E-state index in [0.717, 1.165) is 44.3 Å². The number of benzene rings is 1. The van der Waals surface area contributed by atoms with Crippen molar-refractivity contribution in [1.29, 1.82) is 0 Å². The summed E-state index contributed by atoms with van der Waals surface area (Å²) in [7, 11) is 1.72.